The molecule has 6 N–H and O–H groups in total. The lowest BCUT2D eigenvalue weighted by Gasteiger charge is -2.30. The van der Waals surface area contributed by atoms with Gasteiger partial charge in [0.15, 0.2) is 0 Å². The summed E-state index contributed by atoms with van der Waals surface area (Å²) < 4.78 is 54.6. The van der Waals surface area contributed by atoms with Gasteiger partial charge in [0, 0.05) is 17.2 Å². The molecule has 1 aliphatic heterocycles. The van der Waals surface area contributed by atoms with E-state index in [1.54, 1.807) is 13.0 Å². The molecule has 0 amide bonds. The lowest BCUT2D eigenvalue weighted by molar-refractivity contribution is -0.137. The lowest BCUT2D eigenvalue weighted by Crippen LogP contribution is -2.37. The van der Waals surface area contributed by atoms with Crippen LogP contribution in [0.15, 0.2) is 36.7 Å². The molecule has 0 spiro atoms. The summed E-state index contributed by atoms with van der Waals surface area (Å²) in [7, 11) is 3.56. The highest BCUT2D eigenvalue weighted by molar-refractivity contribution is 6.31. The fourth-order valence-corrected chi connectivity index (χ4v) is 4.40. The number of anilines is 2. The highest BCUT2D eigenvalue weighted by atomic mass is 35.5. The molecule has 1 fully saturated rings. The van der Waals surface area contributed by atoms with E-state index < -0.39 is 22.6 Å². The SMILES string of the molecule is C=O.CN.Cc1ccc(-c2cc(C(F)(F)F)cc(Cl)c2F)cc1C#CC(=N)c1c(N)ncnc1NC1CCN(C)CC1. The second-order valence-corrected chi connectivity index (χ2v) is 9.58. The van der Waals surface area contributed by atoms with Gasteiger partial charge in [-0.25, -0.2) is 14.4 Å². The van der Waals surface area contributed by atoms with Gasteiger partial charge >= 0.3 is 6.18 Å². The summed E-state index contributed by atoms with van der Waals surface area (Å²) >= 11 is 5.76. The second kappa shape index (κ2) is 15.3. The first-order valence-electron chi connectivity index (χ1n) is 12.6. The molecule has 13 heteroatoms. The quantitative estimate of drug-likeness (QED) is 0.183. The number of nitrogens with one attached hydrogen (secondary N) is 2. The highest BCUT2D eigenvalue weighted by Gasteiger charge is 2.32. The van der Waals surface area contributed by atoms with Gasteiger partial charge in [0.25, 0.3) is 0 Å². The molecule has 0 unspecified atom stereocenters. The van der Waals surface area contributed by atoms with E-state index >= 15 is 0 Å². The number of aromatic nitrogens is 2. The van der Waals surface area contributed by atoms with E-state index in [4.69, 9.17) is 27.5 Å². The van der Waals surface area contributed by atoms with E-state index in [9.17, 15) is 17.6 Å². The Kier molecular flexibility index (Phi) is 12.4. The molecule has 0 bridgehead atoms. The molecule has 1 aromatic heterocycles. The minimum atomic E-state index is -4.69. The number of aryl methyl sites for hydroxylation is 1. The summed E-state index contributed by atoms with van der Waals surface area (Å²) in [6.07, 6.45) is -1.56. The fraction of sp³-hybridized carbons (Fsp3) is 0.310. The Morgan fingerprint density at radius 1 is 1.17 bits per heavy atom. The largest absolute Gasteiger partial charge is 0.416 e. The average Bonchev–Trinajstić information content (AvgIpc) is 2.97. The van der Waals surface area contributed by atoms with Crippen molar-refractivity contribution in [3.05, 3.63) is 69.8 Å². The third-order valence-corrected chi connectivity index (χ3v) is 6.69. The van der Waals surface area contributed by atoms with Crippen LogP contribution in [0.4, 0.5) is 29.2 Å². The van der Waals surface area contributed by atoms with Crippen LogP contribution in [0, 0.1) is 30.0 Å². The minimum Gasteiger partial charge on any atom is -0.383 e. The number of hydrogen-bond donors (Lipinski definition) is 4. The maximum atomic E-state index is 14.7. The zero-order chi connectivity index (χ0) is 31.6. The number of carbonyl (C=O) groups is 1. The predicted octanol–water partition coefficient (Wildman–Crippen LogP) is 5.16. The number of piperidine rings is 1. The molecule has 224 valence electrons. The van der Waals surface area contributed by atoms with Crippen LogP contribution in [-0.4, -0.2) is 60.6 Å². The molecule has 1 aliphatic rings. The van der Waals surface area contributed by atoms with Crippen molar-refractivity contribution < 1.29 is 22.4 Å². The number of alkyl halides is 3. The third-order valence-electron chi connectivity index (χ3n) is 6.41. The van der Waals surface area contributed by atoms with Gasteiger partial charge in [-0.2, -0.15) is 13.2 Å². The molecule has 42 heavy (non-hydrogen) atoms. The Hall–Kier alpha value is -4.05. The number of nitrogens with zero attached hydrogens (tertiary/aromatic N) is 3. The van der Waals surface area contributed by atoms with Crippen LogP contribution < -0.4 is 16.8 Å². The van der Waals surface area contributed by atoms with Crippen LogP contribution in [0.5, 0.6) is 0 Å². The number of nitrogens with two attached hydrogens (primary N) is 2. The molecule has 2 aromatic carbocycles. The summed E-state index contributed by atoms with van der Waals surface area (Å²) in [5.41, 5.74) is 10.6. The Bertz CT molecular complexity index is 1460. The molecule has 0 atom stereocenters. The first-order valence-corrected chi connectivity index (χ1v) is 13.0. The number of likely N-dealkylation sites (tertiary alicyclic amines) is 1. The fourth-order valence-electron chi connectivity index (χ4n) is 4.18. The molecule has 0 aliphatic carbocycles. The summed E-state index contributed by atoms with van der Waals surface area (Å²) in [6.45, 7) is 5.61. The number of hydrogen-bond acceptors (Lipinski definition) is 8. The van der Waals surface area contributed by atoms with Crippen LogP contribution in [-0.2, 0) is 11.0 Å². The second-order valence-electron chi connectivity index (χ2n) is 9.18. The van der Waals surface area contributed by atoms with Crippen molar-refractivity contribution in [2.75, 3.05) is 38.2 Å². The molecule has 8 nitrogen and oxygen atoms in total. The number of nitrogen functional groups attached to an aromatic ring is 1. The van der Waals surface area contributed by atoms with E-state index in [1.807, 2.05) is 6.79 Å². The molecular formula is C29H32ClF4N7O. The number of halogens is 5. The standard InChI is InChI=1S/C27H25ClF4N6.CH5N.CH2O/c1-15-3-4-17(20-12-18(27(30,31)32)13-21(28)24(20)29)11-16(15)5-6-22(33)23-25(34)35-14-36-26(23)37-19-7-9-38(2)10-8-19;2*1-2/h3-4,11-14,19,33H,7-10H2,1-2H3,(H3,34,35,36,37);2H2,1H3;1H2. The summed E-state index contributed by atoms with van der Waals surface area (Å²) in [5.74, 6) is 5.16. The Morgan fingerprint density at radius 3 is 2.43 bits per heavy atom. The van der Waals surface area contributed by atoms with Crippen molar-refractivity contribution in [3.63, 3.8) is 0 Å². The van der Waals surface area contributed by atoms with E-state index in [-0.39, 0.29) is 34.3 Å². The van der Waals surface area contributed by atoms with Crippen molar-refractivity contribution in [2.45, 2.75) is 32.0 Å². The van der Waals surface area contributed by atoms with Crippen LogP contribution in [0.1, 0.15) is 35.1 Å². The normalized spacial score (nSPS) is 13.5. The monoisotopic (exact) mass is 605 g/mol. The summed E-state index contributed by atoms with van der Waals surface area (Å²) in [4.78, 5) is 18.5. The van der Waals surface area contributed by atoms with Gasteiger partial charge in [-0.15, -0.1) is 0 Å². The van der Waals surface area contributed by atoms with Crippen LogP contribution >= 0.6 is 11.6 Å². The Balaban J connectivity index is 0.00000148. The third kappa shape index (κ3) is 8.48. The van der Waals surface area contributed by atoms with Crippen LogP contribution in [0.2, 0.25) is 5.02 Å². The lowest BCUT2D eigenvalue weighted by atomic mass is 9.97. The van der Waals surface area contributed by atoms with Gasteiger partial charge in [0.2, 0.25) is 0 Å². The van der Waals surface area contributed by atoms with Gasteiger partial charge in [-0.1, -0.05) is 29.7 Å². The van der Waals surface area contributed by atoms with Crippen molar-refractivity contribution in [2.24, 2.45) is 5.73 Å². The van der Waals surface area contributed by atoms with Gasteiger partial charge < -0.3 is 26.5 Å². The zero-order valence-electron chi connectivity index (χ0n) is 23.4. The van der Waals surface area contributed by atoms with Gasteiger partial charge in [0.05, 0.1) is 16.1 Å². The predicted molar refractivity (Wildman–Crippen MR) is 158 cm³/mol. The van der Waals surface area contributed by atoms with Gasteiger partial charge in [0.1, 0.15) is 36.3 Å². The highest BCUT2D eigenvalue weighted by Crippen LogP contribution is 2.37. The van der Waals surface area contributed by atoms with E-state index in [0.717, 1.165) is 25.9 Å². The molecule has 0 radical (unpaired) electrons. The number of benzene rings is 2. The van der Waals surface area contributed by atoms with Crippen molar-refractivity contribution in [1.82, 2.24) is 14.9 Å². The van der Waals surface area contributed by atoms with E-state index in [0.29, 0.717) is 29.1 Å². The summed E-state index contributed by atoms with van der Waals surface area (Å²) in [5, 5.41) is 11.3. The minimum absolute atomic E-state index is 0.0980. The van der Waals surface area contributed by atoms with Crippen molar-refractivity contribution in [1.29, 1.82) is 5.41 Å². The van der Waals surface area contributed by atoms with E-state index in [2.05, 4.69) is 44.8 Å². The molecule has 2 heterocycles. The number of rotatable bonds is 4. The van der Waals surface area contributed by atoms with Crippen LogP contribution in [0.3, 0.4) is 0 Å². The first kappa shape index (κ1) is 34.2. The molecule has 3 aromatic rings. The van der Waals surface area contributed by atoms with Crippen molar-refractivity contribution in [3.8, 4) is 23.0 Å². The van der Waals surface area contributed by atoms with Crippen molar-refractivity contribution >= 4 is 35.7 Å². The smallest absolute Gasteiger partial charge is 0.383 e. The molecule has 4 rings (SSSR count). The number of carbonyl (C=O) groups excluding carboxylic acids is 1. The topological polar surface area (TPSA) is 134 Å². The maximum Gasteiger partial charge on any atom is 0.416 e. The van der Waals surface area contributed by atoms with Gasteiger partial charge in [-0.3, -0.25) is 5.41 Å². The maximum absolute atomic E-state index is 14.7. The molecule has 0 saturated carbocycles. The van der Waals surface area contributed by atoms with E-state index in [1.165, 1.54) is 25.5 Å². The first-order chi connectivity index (χ1) is 19.9. The Morgan fingerprint density at radius 2 is 1.81 bits per heavy atom. The average molecular weight is 606 g/mol. The molecular weight excluding hydrogens is 574 g/mol. The summed E-state index contributed by atoms with van der Waals surface area (Å²) in [6, 6.07) is 6.01. The Labute approximate surface area is 247 Å². The van der Waals surface area contributed by atoms with Crippen LogP contribution in [0.25, 0.3) is 11.1 Å². The van der Waals surface area contributed by atoms with Gasteiger partial charge in [-0.05, 0) is 82.2 Å². The zero-order valence-corrected chi connectivity index (χ0v) is 24.1. The molecule has 1 saturated heterocycles.